The molecule has 0 bridgehead atoms. The predicted octanol–water partition coefficient (Wildman–Crippen LogP) is 3.29. The van der Waals surface area contributed by atoms with Crippen molar-refractivity contribution in [1.29, 1.82) is 5.26 Å². The van der Waals surface area contributed by atoms with Crippen LogP contribution in [0.4, 0.5) is 8.78 Å². The molecule has 0 aliphatic heterocycles. The van der Waals surface area contributed by atoms with E-state index in [2.05, 4.69) is 5.10 Å². The van der Waals surface area contributed by atoms with Crippen molar-refractivity contribution in [3.05, 3.63) is 45.7 Å². The lowest BCUT2D eigenvalue weighted by Crippen LogP contribution is -2.06. The fourth-order valence-electron chi connectivity index (χ4n) is 1.67. The molecular formula is C12H8ClF2N3. The van der Waals surface area contributed by atoms with Crippen LogP contribution in [0.5, 0.6) is 0 Å². The quantitative estimate of drug-likeness (QED) is 0.795. The van der Waals surface area contributed by atoms with Crippen LogP contribution in [0.2, 0.25) is 5.02 Å². The topological polar surface area (TPSA) is 41.6 Å². The first-order chi connectivity index (χ1) is 8.45. The van der Waals surface area contributed by atoms with E-state index in [1.807, 2.05) is 0 Å². The molecule has 18 heavy (non-hydrogen) atoms. The molecule has 0 saturated heterocycles. The van der Waals surface area contributed by atoms with Gasteiger partial charge in [-0.15, -0.1) is 0 Å². The number of aryl methyl sites for hydroxylation is 1. The number of halogens is 3. The summed E-state index contributed by atoms with van der Waals surface area (Å²) >= 11 is 5.93. The van der Waals surface area contributed by atoms with Crippen LogP contribution in [0.1, 0.15) is 17.0 Å². The Hall–Kier alpha value is -1.93. The van der Waals surface area contributed by atoms with Gasteiger partial charge in [0.1, 0.15) is 5.69 Å². The molecule has 0 aliphatic rings. The zero-order chi connectivity index (χ0) is 13.4. The summed E-state index contributed by atoms with van der Waals surface area (Å²) in [7, 11) is 0. The van der Waals surface area contributed by atoms with Crippen LogP contribution in [0.3, 0.4) is 0 Å². The van der Waals surface area contributed by atoms with Gasteiger partial charge in [0, 0.05) is 0 Å². The third-order valence-electron chi connectivity index (χ3n) is 2.56. The summed E-state index contributed by atoms with van der Waals surface area (Å²) in [4.78, 5) is 0. The Labute approximate surface area is 107 Å². The molecule has 0 amide bonds. The molecule has 6 heteroatoms. The third kappa shape index (κ3) is 1.85. The summed E-state index contributed by atoms with van der Waals surface area (Å²) in [6, 6.07) is 3.60. The average Bonchev–Trinajstić information content (AvgIpc) is 2.56. The molecule has 1 aromatic heterocycles. The van der Waals surface area contributed by atoms with Crippen LogP contribution in [-0.4, -0.2) is 9.78 Å². The zero-order valence-corrected chi connectivity index (χ0v) is 10.4. The summed E-state index contributed by atoms with van der Waals surface area (Å²) in [6.07, 6.45) is 0. The summed E-state index contributed by atoms with van der Waals surface area (Å²) < 4.78 is 28.7. The second-order valence-corrected chi connectivity index (χ2v) is 4.17. The third-order valence-corrected chi connectivity index (χ3v) is 3.11. The van der Waals surface area contributed by atoms with Gasteiger partial charge in [-0.05, 0) is 26.0 Å². The Balaban J connectivity index is 2.72. The highest BCUT2D eigenvalue weighted by Crippen LogP contribution is 2.26. The van der Waals surface area contributed by atoms with Gasteiger partial charge in [-0.2, -0.15) is 10.4 Å². The minimum absolute atomic E-state index is 0.0821. The lowest BCUT2D eigenvalue weighted by molar-refractivity contribution is 0.556. The highest BCUT2D eigenvalue weighted by Gasteiger charge is 2.18. The van der Waals surface area contributed by atoms with Crippen molar-refractivity contribution in [2.24, 2.45) is 0 Å². The molecule has 1 aromatic carbocycles. The van der Waals surface area contributed by atoms with E-state index in [9.17, 15) is 8.78 Å². The molecule has 1 heterocycles. The minimum Gasteiger partial charge on any atom is -0.230 e. The second-order valence-electron chi connectivity index (χ2n) is 3.80. The summed E-state index contributed by atoms with van der Waals surface area (Å²) in [5.41, 5.74) is 0.511. The first-order valence-electron chi connectivity index (χ1n) is 5.07. The zero-order valence-electron chi connectivity index (χ0n) is 9.63. The van der Waals surface area contributed by atoms with Gasteiger partial charge in [-0.3, -0.25) is 0 Å². The Morgan fingerprint density at radius 1 is 1.28 bits per heavy atom. The fraction of sp³-hybridized carbons (Fsp3) is 0.167. The van der Waals surface area contributed by atoms with Crippen LogP contribution >= 0.6 is 11.6 Å². The van der Waals surface area contributed by atoms with Gasteiger partial charge in [-0.25, -0.2) is 13.5 Å². The highest BCUT2D eigenvalue weighted by molar-refractivity contribution is 6.31. The number of rotatable bonds is 1. The fourth-order valence-corrected chi connectivity index (χ4v) is 1.79. The first-order valence-corrected chi connectivity index (χ1v) is 5.44. The molecule has 2 aromatic rings. The Kier molecular flexibility index (Phi) is 3.05. The predicted molar refractivity (Wildman–Crippen MR) is 62.7 cm³/mol. The van der Waals surface area contributed by atoms with E-state index in [1.54, 1.807) is 19.9 Å². The number of hydrogen-bond acceptors (Lipinski definition) is 2. The Bertz CT molecular complexity index is 648. The van der Waals surface area contributed by atoms with Crippen LogP contribution in [0.25, 0.3) is 5.69 Å². The number of nitriles is 1. The van der Waals surface area contributed by atoms with E-state index in [-0.39, 0.29) is 11.3 Å². The van der Waals surface area contributed by atoms with Crippen molar-refractivity contribution < 1.29 is 8.78 Å². The lowest BCUT2D eigenvalue weighted by Gasteiger charge is -2.07. The molecule has 92 valence electrons. The molecule has 0 saturated carbocycles. The molecule has 0 unspecified atom stereocenters. The van der Waals surface area contributed by atoms with Crippen molar-refractivity contribution in [3.8, 4) is 11.8 Å². The molecular weight excluding hydrogens is 260 g/mol. The molecule has 0 N–H and O–H groups in total. The molecule has 0 spiro atoms. The molecule has 2 rings (SSSR count). The van der Waals surface area contributed by atoms with Gasteiger partial charge >= 0.3 is 0 Å². The number of nitrogens with zero attached hydrogens (tertiary/aromatic N) is 3. The maximum Gasteiger partial charge on any atom is 0.153 e. The number of benzene rings is 1. The normalized spacial score (nSPS) is 10.4. The second kappa shape index (κ2) is 4.39. The van der Waals surface area contributed by atoms with Gasteiger partial charge in [0.2, 0.25) is 0 Å². The SMILES string of the molecule is Cc1nn(-c2c(F)cc(C#N)cc2F)c(C)c1Cl. The molecule has 0 radical (unpaired) electrons. The monoisotopic (exact) mass is 267 g/mol. The van der Waals surface area contributed by atoms with E-state index in [4.69, 9.17) is 16.9 Å². The van der Waals surface area contributed by atoms with E-state index < -0.39 is 11.6 Å². The standard InChI is InChI=1S/C12H8ClF2N3/c1-6-11(13)7(2)18(17-6)12-9(14)3-8(5-16)4-10(12)15/h3-4H,1-2H3. The highest BCUT2D eigenvalue weighted by atomic mass is 35.5. The maximum absolute atomic E-state index is 13.8. The smallest absolute Gasteiger partial charge is 0.153 e. The molecule has 0 fully saturated rings. The number of aromatic nitrogens is 2. The van der Waals surface area contributed by atoms with E-state index in [0.29, 0.717) is 16.4 Å². The van der Waals surface area contributed by atoms with Crippen LogP contribution < -0.4 is 0 Å². The van der Waals surface area contributed by atoms with Gasteiger partial charge in [0.25, 0.3) is 0 Å². The van der Waals surface area contributed by atoms with Crippen LogP contribution in [-0.2, 0) is 0 Å². The Morgan fingerprint density at radius 3 is 2.22 bits per heavy atom. The van der Waals surface area contributed by atoms with Gasteiger partial charge in [-0.1, -0.05) is 11.6 Å². The van der Waals surface area contributed by atoms with Gasteiger partial charge in [0.05, 0.1) is 28.0 Å². The first kappa shape index (κ1) is 12.5. The van der Waals surface area contributed by atoms with Gasteiger partial charge < -0.3 is 0 Å². The summed E-state index contributed by atoms with van der Waals surface area (Å²) in [5, 5.41) is 13.0. The van der Waals surface area contributed by atoms with Crippen molar-refractivity contribution in [2.75, 3.05) is 0 Å². The van der Waals surface area contributed by atoms with Crippen LogP contribution in [0, 0.1) is 36.8 Å². The van der Waals surface area contributed by atoms with Crippen molar-refractivity contribution in [2.45, 2.75) is 13.8 Å². The Morgan fingerprint density at radius 2 is 1.83 bits per heavy atom. The summed E-state index contributed by atoms with van der Waals surface area (Å²) in [5.74, 6) is -1.71. The average molecular weight is 268 g/mol. The van der Waals surface area contributed by atoms with E-state index >= 15 is 0 Å². The largest absolute Gasteiger partial charge is 0.230 e. The summed E-state index contributed by atoms with van der Waals surface area (Å²) in [6.45, 7) is 3.25. The molecule has 0 aliphatic carbocycles. The molecule has 0 atom stereocenters. The van der Waals surface area contributed by atoms with E-state index in [1.165, 1.54) is 0 Å². The minimum atomic E-state index is -0.853. The van der Waals surface area contributed by atoms with Crippen molar-refractivity contribution in [3.63, 3.8) is 0 Å². The van der Waals surface area contributed by atoms with Crippen molar-refractivity contribution >= 4 is 11.6 Å². The number of hydrogen-bond donors (Lipinski definition) is 0. The van der Waals surface area contributed by atoms with Crippen molar-refractivity contribution in [1.82, 2.24) is 9.78 Å². The lowest BCUT2D eigenvalue weighted by atomic mass is 10.2. The molecule has 3 nitrogen and oxygen atoms in total. The van der Waals surface area contributed by atoms with Gasteiger partial charge in [0.15, 0.2) is 11.6 Å². The van der Waals surface area contributed by atoms with Crippen LogP contribution in [0.15, 0.2) is 12.1 Å². The maximum atomic E-state index is 13.8. The van der Waals surface area contributed by atoms with E-state index in [0.717, 1.165) is 16.8 Å².